The number of ether oxygens (including phenoxy) is 1. The van der Waals surface area contributed by atoms with Gasteiger partial charge in [-0.05, 0) is 32.6 Å². The molecule has 1 N–H and O–H groups in total. The van der Waals surface area contributed by atoms with Gasteiger partial charge in [0, 0.05) is 6.61 Å². The maximum atomic E-state index is 11.0. The van der Waals surface area contributed by atoms with Crippen LogP contribution in [0.2, 0.25) is 0 Å². The van der Waals surface area contributed by atoms with E-state index in [2.05, 4.69) is 6.58 Å². The highest BCUT2D eigenvalue weighted by atomic mass is 16.5. The highest BCUT2D eigenvalue weighted by Crippen LogP contribution is 2.33. The Labute approximate surface area is 78.4 Å². The van der Waals surface area contributed by atoms with Crippen molar-refractivity contribution >= 4 is 5.97 Å². The molecule has 0 amide bonds. The number of rotatable bonds is 3. The van der Waals surface area contributed by atoms with Crippen LogP contribution in [0.3, 0.4) is 0 Å². The first-order chi connectivity index (χ1) is 6.10. The predicted molar refractivity (Wildman–Crippen MR) is 49.6 cm³/mol. The van der Waals surface area contributed by atoms with Crippen molar-refractivity contribution in [1.29, 1.82) is 0 Å². The average molecular weight is 184 g/mol. The molecule has 1 fully saturated rings. The first-order valence-electron chi connectivity index (χ1n) is 4.65. The van der Waals surface area contributed by atoms with Gasteiger partial charge in [-0.3, -0.25) is 0 Å². The Morgan fingerprint density at radius 1 is 1.62 bits per heavy atom. The van der Waals surface area contributed by atoms with Crippen LogP contribution in [0.5, 0.6) is 0 Å². The average Bonchev–Trinajstić information content (AvgIpc) is 2.09. The van der Waals surface area contributed by atoms with Gasteiger partial charge in [0.1, 0.15) is 0 Å². The van der Waals surface area contributed by atoms with E-state index in [1.807, 2.05) is 6.92 Å². The van der Waals surface area contributed by atoms with Gasteiger partial charge in [0.05, 0.1) is 0 Å². The van der Waals surface area contributed by atoms with Crippen LogP contribution >= 0.6 is 0 Å². The van der Waals surface area contributed by atoms with E-state index in [1.54, 1.807) is 0 Å². The van der Waals surface area contributed by atoms with Crippen molar-refractivity contribution in [3.8, 4) is 0 Å². The lowest BCUT2D eigenvalue weighted by molar-refractivity contribution is -0.168. The molecule has 1 saturated carbocycles. The molecule has 13 heavy (non-hydrogen) atoms. The summed E-state index contributed by atoms with van der Waals surface area (Å²) in [6.45, 7) is 6.14. The third kappa shape index (κ3) is 2.10. The molecule has 1 aliphatic rings. The van der Waals surface area contributed by atoms with Gasteiger partial charge in [-0.25, -0.2) is 4.79 Å². The van der Waals surface area contributed by atoms with E-state index >= 15 is 0 Å². The van der Waals surface area contributed by atoms with Crippen LogP contribution in [0.4, 0.5) is 0 Å². The molecule has 1 rings (SSSR count). The van der Waals surface area contributed by atoms with E-state index in [0.29, 0.717) is 19.4 Å². The van der Waals surface area contributed by atoms with Crippen LogP contribution in [-0.2, 0) is 9.53 Å². The fraction of sp³-hybridized carbons (Fsp3) is 0.700. The summed E-state index contributed by atoms with van der Waals surface area (Å²) in [6, 6.07) is 0. The zero-order valence-electron chi connectivity index (χ0n) is 8.01. The number of hydrogen-bond donors (Lipinski definition) is 1. The van der Waals surface area contributed by atoms with Gasteiger partial charge in [-0.1, -0.05) is 12.2 Å². The zero-order valence-corrected chi connectivity index (χ0v) is 8.01. The van der Waals surface area contributed by atoms with Gasteiger partial charge in [0.25, 0.3) is 0 Å². The predicted octanol–water partition coefficient (Wildman–Crippen LogP) is 1.98. The number of allylic oxidation sites excluding steroid dienone is 1. The van der Waals surface area contributed by atoms with Gasteiger partial charge in [-0.15, -0.1) is 0 Å². The third-order valence-corrected chi connectivity index (χ3v) is 2.58. The normalized spacial score (nSPS) is 21.5. The second kappa shape index (κ2) is 3.92. The summed E-state index contributed by atoms with van der Waals surface area (Å²) in [5, 5.41) is 9.05. The molecule has 0 saturated heterocycles. The molecule has 74 valence electrons. The van der Waals surface area contributed by atoms with Crippen molar-refractivity contribution in [3.63, 3.8) is 0 Å². The molecule has 3 heteroatoms. The van der Waals surface area contributed by atoms with Crippen LogP contribution in [0.15, 0.2) is 12.2 Å². The van der Waals surface area contributed by atoms with Crippen LogP contribution in [-0.4, -0.2) is 23.3 Å². The van der Waals surface area contributed by atoms with Gasteiger partial charge in [0.2, 0.25) is 0 Å². The van der Waals surface area contributed by atoms with Gasteiger partial charge in [0.15, 0.2) is 5.60 Å². The van der Waals surface area contributed by atoms with E-state index in [4.69, 9.17) is 9.84 Å². The Bertz CT molecular complexity index is 210. The summed E-state index contributed by atoms with van der Waals surface area (Å²) in [4.78, 5) is 11.0. The van der Waals surface area contributed by atoms with Crippen LogP contribution in [0.25, 0.3) is 0 Å². The third-order valence-electron chi connectivity index (χ3n) is 2.58. The summed E-state index contributed by atoms with van der Waals surface area (Å²) in [5.74, 6) is -0.832. The quantitative estimate of drug-likeness (QED) is 0.682. The Kier molecular flexibility index (Phi) is 3.09. The first kappa shape index (κ1) is 10.3. The molecule has 0 aromatic carbocycles. The van der Waals surface area contributed by atoms with Crippen molar-refractivity contribution in [2.45, 2.75) is 38.2 Å². The zero-order chi connectivity index (χ0) is 9.90. The molecule has 0 atom stereocenters. The van der Waals surface area contributed by atoms with E-state index in [1.165, 1.54) is 0 Å². The highest BCUT2D eigenvalue weighted by Gasteiger charge is 2.41. The topological polar surface area (TPSA) is 46.5 Å². The molecule has 1 aliphatic carbocycles. The molecule has 0 radical (unpaired) electrons. The number of carboxylic acids is 1. The lowest BCUT2D eigenvalue weighted by Gasteiger charge is -2.33. The highest BCUT2D eigenvalue weighted by molar-refractivity contribution is 5.77. The number of carbonyl (C=O) groups is 1. The number of carboxylic acid groups (broad SMARTS) is 1. The molecule has 0 aromatic rings. The molecule has 0 aromatic heterocycles. The minimum atomic E-state index is -0.935. The van der Waals surface area contributed by atoms with E-state index < -0.39 is 11.6 Å². The van der Waals surface area contributed by atoms with E-state index in [-0.39, 0.29) is 0 Å². The summed E-state index contributed by atoms with van der Waals surface area (Å²) >= 11 is 0. The van der Waals surface area contributed by atoms with Crippen LogP contribution in [0.1, 0.15) is 32.6 Å². The molecular formula is C10H16O3. The molecule has 0 bridgehead atoms. The van der Waals surface area contributed by atoms with E-state index in [9.17, 15) is 4.79 Å². The molecule has 0 aliphatic heterocycles. The van der Waals surface area contributed by atoms with Gasteiger partial charge >= 0.3 is 5.97 Å². The smallest absolute Gasteiger partial charge is 0.335 e. The summed E-state index contributed by atoms with van der Waals surface area (Å²) in [6.07, 6.45) is 2.67. The molecule has 0 unspecified atom stereocenters. The number of hydrogen-bond acceptors (Lipinski definition) is 2. The Balaban J connectivity index is 2.68. The van der Waals surface area contributed by atoms with Crippen LogP contribution < -0.4 is 0 Å². The minimum Gasteiger partial charge on any atom is -0.479 e. The van der Waals surface area contributed by atoms with Crippen LogP contribution in [0, 0.1) is 0 Å². The minimum absolute atomic E-state index is 0.457. The molecular weight excluding hydrogens is 168 g/mol. The van der Waals surface area contributed by atoms with Crippen molar-refractivity contribution in [2.75, 3.05) is 6.61 Å². The maximum Gasteiger partial charge on any atom is 0.335 e. The molecule has 0 heterocycles. The first-order valence-corrected chi connectivity index (χ1v) is 4.65. The molecule has 0 spiro atoms. The van der Waals surface area contributed by atoms with Crippen molar-refractivity contribution < 1.29 is 14.6 Å². The lowest BCUT2D eigenvalue weighted by atomic mass is 9.82. The Morgan fingerprint density at radius 3 is 2.54 bits per heavy atom. The fourth-order valence-electron chi connectivity index (χ4n) is 1.70. The second-order valence-corrected chi connectivity index (χ2v) is 3.48. The summed E-state index contributed by atoms with van der Waals surface area (Å²) < 4.78 is 5.34. The van der Waals surface area contributed by atoms with Crippen molar-refractivity contribution in [1.82, 2.24) is 0 Å². The van der Waals surface area contributed by atoms with Crippen molar-refractivity contribution in [3.05, 3.63) is 12.2 Å². The maximum absolute atomic E-state index is 11.0. The summed E-state index contributed by atoms with van der Waals surface area (Å²) in [5.41, 5.74) is 0.201. The largest absolute Gasteiger partial charge is 0.479 e. The monoisotopic (exact) mass is 184 g/mol. The van der Waals surface area contributed by atoms with Gasteiger partial charge < -0.3 is 9.84 Å². The molecule has 3 nitrogen and oxygen atoms in total. The standard InChI is InChI=1S/C10H16O3/c1-3-13-10(9(11)12)6-4-8(2)5-7-10/h2-7H2,1H3,(H,11,12). The Morgan fingerprint density at radius 2 is 2.15 bits per heavy atom. The Hall–Kier alpha value is -0.830. The fourth-order valence-corrected chi connectivity index (χ4v) is 1.70. The second-order valence-electron chi connectivity index (χ2n) is 3.48. The SMILES string of the molecule is C=C1CCC(OCC)(C(=O)O)CC1. The van der Waals surface area contributed by atoms with E-state index in [0.717, 1.165) is 18.4 Å². The van der Waals surface area contributed by atoms with Gasteiger partial charge in [-0.2, -0.15) is 0 Å². The van der Waals surface area contributed by atoms with Crippen molar-refractivity contribution in [2.24, 2.45) is 0 Å². The lowest BCUT2D eigenvalue weighted by Crippen LogP contribution is -2.43. The number of aliphatic carboxylic acids is 1. The summed E-state index contributed by atoms with van der Waals surface area (Å²) in [7, 11) is 0.